The summed E-state index contributed by atoms with van der Waals surface area (Å²) in [6, 6.07) is 10.3. The molecule has 1 aromatic heterocycles. The lowest BCUT2D eigenvalue weighted by Gasteiger charge is -2.17. The molecule has 22 heavy (non-hydrogen) atoms. The van der Waals surface area contributed by atoms with Crippen LogP contribution in [0.3, 0.4) is 0 Å². The average molecular weight is 314 g/mol. The molecule has 0 spiro atoms. The van der Waals surface area contributed by atoms with E-state index in [4.69, 9.17) is 12.2 Å². The number of anilines is 2. The van der Waals surface area contributed by atoms with Crippen LogP contribution in [0.1, 0.15) is 16.7 Å². The van der Waals surface area contributed by atoms with E-state index in [9.17, 15) is 0 Å². The first-order chi connectivity index (χ1) is 10.5. The third kappa shape index (κ3) is 4.43. The Morgan fingerprint density at radius 1 is 1.18 bits per heavy atom. The summed E-state index contributed by atoms with van der Waals surface area (Å²) in [7, 11) is 3.97. The highest BCUT2D eigenvalue weighted by molar-refractivity contribution is 7.80. The smallest absolute Gasteiger partial charge is 0.171 e. The lowest BCUT2D eigenvalue weighted by Crippen LogP contribution is -2.28. The molecule has 0 radical (unpaired) electrons. The maximum Gasteiger partial charge on any atom is 0.171 e. The van der Waals surface area contributed by atoms with Crippen LogP contribution in [0.5, 0.6) is 0 Å². The molecule has 0 aliphatic rings. The Morgan fingerprint density at radius 3 is 2.50 bits per heavy atom. The Hall–Kier alpha value is -2.14. The fourth-order valence-electron chi connectivity index (χ4n) is 2.37. The van der Waals surface area contributed by atoms with E-state index in [2.05, 4.69) is 53.7 Å². The first kappa shape index (κ1) is 16.2. The van der Waals surface area contributed by atoms with Crippen molar-refractivity contribution in [3.8, 4) is 0 Å². The summed E-state index contributed by atoms with van der Waals surface area (Å²) in [6.07, 6.45) is 1.80. The van der Waals surface area contributed by atoms with E-state index in [0.29, 0.717) is 11.7 Å². The van der Waals surface area contributed by atoms with Crippen LogP contribution in [0.25, 0.3) is 0 Å². The van der Waals surface area contributed by atoms with Gasteiger partial charge in [0, 0.05) is 38.1 Å². The minimum Gasteiger partial charge on any atom is -0.362 e. The Bertz CT molecular complexity index is 647. The van der Waals surface area contributed by atoms with Crippen LogP contribution in [0, 0.1) is 13.8 Å². The molecule has 0 saturated heterocycles. The summed E-state index contributed by atoms with van der Waals surface area (Å²) in [6.45, 7) is 4.79. The molecular weight excluding hydrogens is 292 g/mol. The Morgan fingerprint density at radius 2 is 1.86 bits per heavy atom. The molecule has 1 aromatic carbocycles. The molecular formula is C17H22N4S. The highest BCUT2D eigenvalue weighted by Gasteiger charge is 2.06. The van der Waals surface area contributed by atoms with Gasteiger partial charge in [-0.15, -0.1) is 0 Å². The van der Waals surface area contributed by atoms with Crippen molar-refractivity contribution in [3.05, 3.63) is 53.2 Å². The van der Waals surface area contributed by atoms with Crippen molar-refractivity contribution in [3.63, 3.8) is 0 Å². The SMILES string of the molecule is Cc1cc(C)cc(NC(=S)NCc2cccnc2N(C)C)c1. The van der Waals surface area contributed by atoms with E-state index in [1.807, 2.05) is 25.1 Å². The fourth-order valence-corrected chi connectivity index (χ4v) is 2.56. The molecule has 4 nitrogen and oxygen atoms in total. The molecule has 0 saturated carbocycles. The maximum atomic E-state index is 5.37. The van der Waals surface area contributed by atoms with Gasteiger partial charge in [-0.1, -0.05) is 12.1 Å². The normalized spacial score (nSPS) is 10.2. The molecule has 1 heterocycles. The second-order valence-corrected chi connectivity index (χ2v) is 5.97. The van der Waals surface area contributed by atoms with E-state index in [1.165, 1.54) is 11.1 Å². The molecule has 2 N–H and O–H groups in total. The number of thiocarbonyl (C=S) groups is 1. The summed E-state index contributed by atoms with van der Waals surface area (Å²) in [5.74, 6) is 0.948. The first-order valence-corrected chi connectivity index (χ1v) is 7.61. The van der Waals surface area contributed by atoms with Gasteiger partial charge in [-0.25, -0.2) is 4.98 Å². The molecule has 5 heteroatoms. The number of nitrogens with one attached hydrogen (secondary N) is 2. The van der Waals surface area contributed by atoms with Gasteiger partial charge < -0.3 is 15.5 Å². The van der Waals surface area contributed by atoms with Crippen LogP contribution < -0.4 is 15.5 Å². The zero-order valence-electron chi connectivity index (χ0n) is 13.5. The zero-order chi connectivity index (χ0) is 16.1. The highest BCUT2D eigenvalue weighted by atomic mass is 32.1. The number of hydrogen-bond donors (Lipinski definition) is 2. The standard InChI is InChI=1S/C17H22N4S/c1-12-8-13(2)10-15(9-12)20-17(22)19-11-14-6-5-7-18-16(14)21(3)4/h5-10H,11H2,1-4H3,(H2,19,20,22). The van der Waals surface area contributed by atoms with Gasteiger partial charge in [0.05, 0.1) is 0 Å². The average Bonchev–Trinajstić information content (AvgIpc) is 2.44. The third-order valence-corrected chi connectivity index (χ3v) is 3.46. The molecule has 0 aliphatic carbocycles. The lowest BCUT2D eigenvalue weighted by molar-refractivity contribution is 0.900. The number of benzene rings is 1. The van der Waals surface area contributed by atoms with Crippen molar-refractivity contribution in [2.24, 2.45) is 0 Å². The first-order valence-electron chi connectivity index (χ1n) is 7.20. The minimum atomic E-state index is 0.610. The van der Waals surface area contributed by atoms with Crippen LogP contribution in [-0.2, 0) is 6.54 Å². The van der Waals surface area contributed by atoms with Crippen molar-refractivity contribution in [2.45, 2.75) is 20.4 Å². The van der Waals surface area contributed by atoms with Gasteiger partial charge in [0.15, 0.2) is 5.11 Å². The number of aromatic nitrogens is 1. The monoisotopic (exact) mass is 314 g/mol. The quantitative estimate of drug-likeness (QED) is 0.848. The molecule has 2 aromatic rings. The van der Waals surface area contributed by atoms with Crippen molar-refractivity contribution in [1.29, 1.82) is 0 Å². The van der Waals surface area contributed by atoms with Crippen LogP contribution in [0.15, 0.2) is 36.5 Å². The molecule has 0 amide bonds. The van der Waals surface area contributed by atoms with Gasteiger partial charge >= 0.3 is 0 Å². The van der Waals surface area contributed by atoms with Gasteiger partial charge in [0.2, 0.25) is 0 Å². The van der Waals surface area contributed by atoms with E-state index >= 15 is 0 Å². The van der Waals surface area contributed by atoms with Crippen LogP contribution in [0.4, 0.5) is 11.5 Å². The molecule has 0 aliphatic heterocycles. The summed E-state index contributed by atoms with van der Waals surface area (Å²) in [5.41, 5.74) is 4.55. The number of pyridine rings is 1. The number of hydrogen-bond acceptors (Lipinski definition) is 3. The molecule has 0 fully saturated rings. The van der Waals surface area contributed by atoms with Gasteiger partial charge in [-0.2, -0.15) is 0 Å². The molecule has 0 unspecified atom stereocenters. The third-order valence-electron chi connectivity index (χ3n) is 3.21. The summed E-state index contributed by atoms with van der Waals surface area (Å²) < 4.78 is 0. The van der Waals surface area contributed by atoms with E-state index in [-0.39, 0.29) is 0 Å². The van der Waals surface area contributed by atoms with E-state index < -0.39 is 0 Å². The molecule has 0 bridgehead atoms. The maximum absolute atomic E-state index is 5.37. The Balaban J connectivity index is 1.99. The van der Waals surface area contributed by atoms with E-state index in [0.717, 1.165) is 17.1 Å². The summed E-state index contributed by atoms with van der Waals surface area (Å²) in [4.78, 5) is 6.38. The minimum absolute atomic E-state index is 0.610. The van der Waals surface area contributed by atoms with E-state index in [1.54, 1.807) is 6.20 Å². The van der Waals surface area contributed by atoms with Gasteiger partial charge in [-0.05, 0) is 55.4 Å². The van der Waals surface area contributed by atoms with Crippen molar-refractivity contribution >= 4 is 28.8 Å². The Kier molecular flexibility index (Phi) is 5.33. The Labute approximate surface area is 137 Å². The lowest BCUT2D eigenvalue weighted by atomic mass is 10.1. The van der Waals surface area contributed by atoms with Crippen LogP contribution in [-0.4, -0.2) is 24.2 Å². The van der Waals surface area contributed by atoms with Gasteiger partial charge in [0.1, 0.15) is 5.82 Å². The predicted octanol–water partition coefficient (Wildman–Crippen LogP) is 3.25. The largest absolute Gasteiger partial charge is 0.362 e. The molecule has 116 valence electrons. The second-order valence-electron chi connectivity index (χ2n) is 5.56. The number of rotatable bonds is 4. The topological polar surface area (TPSA) is 40.2 Å². The van der Waals surface area contributed by atoms with Gasteiger partial charge in [0.25, 0.3) is 0 Å². The van der Waals surface area contributed by atoms with Crippen LogP contribution in [0.2, 0.25) is 0 Å². The zero-order valence-corrected chi connectivity index (χ0v) is 14.3. The van der Waals surface area contributed by atoms with Crippen molar-refractivity contribution in [1.82, 2.24) is 10.3 Å². The predicted molar refractivity (Wildman–Crippen MR) is 97.5 cm³/mol. The fraction of sp³-hybridized carbons (Fsp3) is 0.294. The van der Waals surface area contributed by atoms with Crippen molar-refractivity contribution in [2.75, 3.05) is 24.3 Å². The highest BCUT2D eigenvalue weighted by Crippen LogP contribution is 2.15. The van der Waals surface area contributed by atoms with Crippen LogP contribution >= 0.6 is 12.2 Å². The van der Waals surface area contributed by atoms with Crippen molar-refractivity contribution < 1.29 is 0 Å². The van der Waals surface area contributed by atoms with Gasteiger partial charge in [-0.3, -0.25) is 0 Å². The number of aryl methyl sites for hydroxylation is 2. The molecule has 2 rings (SSSR count). The summed E-state index contributed by atoms with van der Waals surface area (Å²) >= 11 is 5.37. The molecule has 0 atom stereocenters. The summed E-state index contributed by atoms with van der Waals surface area (Å²) in [5, 5.41) is 7.07. The second kappa shape index (κ2) is 7.22. The number of nitrogens with zero attached hydrogens (tertiary/aromatic N) is 2.